The van der Waals surface area contributed by atoms with Crippen molar-refractivity contribution in [2.75, 3.05) is 0 Å². The molecule has 1 N–H and O–H groups in total. The number of piperidine rings is 1. The highest BCUT2D eigenvalue weighted by Gasteiger charge is 2.59. The number of fused-ring (bicyclic) bond motifs is 5. The zero-order chi connectivity index (χ0) is 18.4. The fourth-order valence-electron chi connectivity index (χ4n) is 7.99. The second-order valence-electron chi connectivity index (χ2n) is 10.9. The minimum atomic E-state index is 0.305. The van der Waals surface area contributed by atoms with Gasteiger partial charge in [0.25, 0.3) is 0 Å². The molecule has 0 radical (unpaired) electrons. The van der Waals surface area contributed by atoms with Gasteiger partial charge in [0, 0.05) is 12.5 Å². The van der Waals surface area contributed by atoms with Crippen molar-refractivity contribution >= 4 is 5.91 Å². The lowest BCUT2D eigenvalue weighted by molar-refractivity contribution is -0.135. The van der Waals surface area contributed by atoms with Crippen molar-refractivity contribution in [1.82, 2.24) is 5.32 Å². The van der Waals surface area contributed by atoms with Gasteiger partial charge in [-0.3, -0.25) is 4.79 Å². The minimum absolute atomic E-state index is 0.305. The first-order valence-electron chi connectivity index (χ1n) is 11.8. The molecule has 4 aliphatic rings. The Kier molecular flexibility index (Phi) is 5.16. The molecule has 2 nitrogen and oxygen atoms in total. The number of unbranched alkanes of at least 4 members (excludes halogenated alkanes) is 3. The molecule has 1 aliphatic heterocycles. The molecule has 1 heterocycles. The predicted octanol–water partition coefficient (Wildman–Crippen LogP) is 6.09. The molecule has 2 unspecified atom stereocenters. The second-order valence-corrected chi connectivity index (χ2v) is 10.9. The van der Waals surface area contributed by atoms with E-state index >= 15 is 0 Å². The Hall–Kier alpha value is -0.530. The summed E-state index contributed by atoms with van der Waals surface area (Å²) < 4.78 is 0. The van der Waals surface area contributed by atoms with Crippen molar-refractivity contribution in [1.29, 1.82) is 0 Å². The molecule has 148 valence electrons. The van der Waals surface area contributed by atoms with Crippen LogP contribution < -0.4 is 5.32 Å². The van der Waals surface area contributed by atoms with Crippen molar-refractivity contribution in [2.45, 2.75) is 110 Å². The molecule has 0 aromatic heterocycles. The summed E-state index contributed by atoms with van der Waals surface area (Å²) in [4.78, 5) is 11.9. The Morgan fingerprint density at radius 1 is 1.04 bits per heavy atom. The van der Waals surface area contributed by atoms with Gasteiger partial charge in [-0.25, -0.2) is 0 Å². The quantitative estimate of drug-likeness (QED) is 0.591. The minimum Gasteiger partial charge on any atom is -0.353 e. The van der Waals surface area contributed by atoms with Gasteiger partial charge >= 0.3 is 0 Å². The molecule has 1 saturated heterocycles. The lowest BCUT2D eigenvalue weighted by Gasteiger charge is -2.59. The first-order chi connectivity index (χ1) is 12.5. The molecule has 7 atom stereocenters. The Labute approximate surface area is 161 Å². The molecule has 0 bridgehead atoms. The number of nitrogens with one attached hydrogen (secondary N) is 1. The SMILES string of the molecule is CCCCCCC1C[C@H]2[C@@H]3CCC4NC(=O)CC[C@]4(C)[C@@H]3CC[C@]2(C)C1. The zero-order valence-electron chi connectivity index (χ0n) is 17.5. The van der Waals surface area contributed by atoms with Crippen molar-refractivity contribution in [3.8, 4) is 0 Å². The van der Waals surface area contributed by atoms with Crippen LogP contribution in [0.4, 0.5) is 0 Å². The monoisotopic (exact) mass is 359 g/mol. The van der Waals surface area contributed by atoms with E-state index < -0.39 is 0 Å². The summed E-state index contributed by atoms with van der Waals surface area (Å²) in [6, 6.07) is 0.459. The number of carbonyl (C=O) groups is 1. The lowest BCUT2D eigenvalue weighted by atomic mass is 9.48. The Morgan fingerprint density at radius 3 is 2.69 bits per heavy atom. The van der Waals surface area contributed by atoms with Gasteiger partial charge in [0.05, 0.1) is 0 Å². The molecule has 3 saturated carbocycles. The van der Waals surface area contributed by atoms with E-state index in [4.69, 9.17) is 0 Å². The standard InChI is InChI=1S/C24H41NO/c1-4-5-6-7-8-17-15-20-18-9-10-21-24(3,14-12-22(26)25-21)19(18)11-13-23(20,2)16-17/h17-21H,4-16H2,1-3H3,(H,25,26)/t17?,18-,19-,20+,21?,23-,24-/m1/s1. The average Bonchev–Trinajstić information content (AvgIpc) is 2.96. The van der Waals surface area contributed by atoms with Crippen LogP contribution in [0.5, 0.6) is 0 Å². The summed E-state index contributed by atoms with van der Waals surface area (Å²) in [5, 5.41) is 3.37. The average molecular weight is 360 g/mol. The molecular formula is C24H41NO. The van der Waals surface area contributed by atoms with E-state index in [0.29, 0.717) is 22.8 Å². The third kappa shape index (κ3) is 3.14. The van der Waals surface area contributed by atoms with E-state index in [-0.39, 0.29) is 0 Å². The zero-order valence-corrected chi connectivity index (χ0v) is 17.5. The van der Waals surface area contributed by atoms with Gasteiger partial charge in [-0.05, 0) is 79.4 Å². The van der Waals surface area contributed by atoms with Crippen LogP contribution in [0, 0.1) is 34.5 Å². The van der Waals surface area contributed by atoms with E-state index in [1.54, 1.807) is 0 Å². The first-order valence-corrected chi connectivity index (χ1v) is 11.8. The predicted molar refractivity (Wildman–Crippen MR) is 108 cm³/mol. The van der Waals surface area contributed by atoms with Crippen LogP contribution in [0.1, 0.15) is 104 Å². The first kappa shape index (κ1) is 18.8. The molecule has 0 spiro atoms. The van der Waals surface area contributed by atoms with Crippen LogP contribution in [0.15, 0.2) is 0 Å². The van der Waals surface area contributed by atoms with Crippen molar-refractivity contribution in [3.05, 3.63) is 0 Å². The smallest absolute Gasteiger partial charge is 0.220 e. The van der Waals surface area contributed by atoms with Gasteiger partial charge in [0.15, 0.2) is 0 Å². The van der Waals surface area contributed by atoms with Crippen molar-refractivity contribution in [2.24, 2.45) is 34.5 Å². The number of hydrogen-bond acceptors (Lipinski definition) is 1. The van der Waals surface area contributed by atoms with Crippen LogP contribution in [0.2, 0.25) is 0 Å². The summed E-state index contributed by atoms with van der Waals surface area (Å²) in [6.07, 6.45) is 17.5. The number of hydrogen-bond donors (Lipinski definition) is 1. The van der Waals surface area contributed by atoms with E-state index in [2.05, 4.69) is 26.1 Å². The highest BCUT2D eigenvalue weighted by molar-refractivity contribution is 5.77. The summed E-state index contributed by atoms with van der Waals surface area (Å²) >= 11 is 0. The van der Waals surface area contributed by atoms with E-state index in [1.165, 1.54) is 70.6 Å². The largest absolute Gasteiger partial charge is 0.353 e. The topological polar surface area (TPSA) is 29.1 Å². The van der Waals surface area contributed by atoms with Crippen LogP contribution >= 0.6 is 0 Å². The van der Waals surface area contributed by atoms with Crippen LogP contribution in [0.3, 0.4) is 0 Å². The molecule has 0 aromatic carbocycles. The molecule has 1 amide bonds. The summed E-state index contributed by atoms with van der Waals surface area (Å²) in [5.74, 6) is 4.06. The lowest BCUT2D eigenvalue weighted by Crippen LogP contribution is -2.60. The van der Waals surface area contributed by atoms with Gasteiger partial charge in [-0.2, -0.15) is 0 Å². The van der Waals surface area contributed by atoms with Crippen LogP contribution in [-0.2, 0) is 4.79 Å². The van der Waals surface area contributed by atoms with Crippen molar-refractivity contribution in [3.63, 3.8) is 0 Å². The second kappa shape index (κ2) is 7.13. The third-order valence-corrected chi connectivity index (χ3v) is 9.42. The van der Waals surface area contributed by atoms with E-state index in [0.717, 1.165) is 36.5 Å². The van der Waals surface area contributed by atoms with Gasteiger partial charge in [-0.1, -0.05) is 52.9 Å². The molecule has 4 fully saturated rings. The summed E-state index contributed by atoms with van der Waals surface area (Å²) in [6.45, 7) is 7.47. The van der Waals surface area contributed by atoms with Gasteiger partial charge < -0.3 is 5.32 Å². The maximum Gasteiger partial charge on any atom is 0.220 e. The molecule has 0 aromatic rings. The highest BCUT2D eigenvalue weighted by atomic mass is 16.1. The third-order valence-electron chi connectivity index (χ3n) is 9.42. The number of carbonyl (C=O) groups excluding carboxylic acids is 1. The van der Waals surface area contributed by atoms with Crippen molar-refractivity contribution < 1.29 is 4.79 Å². The Balaban J connectivity index is 1.45. The van der Waals surface area contributed by atoms with Gasteiger partial charge in [-0.15, -0.1) is 0 Å². The summed E-state index contributed by atoms with van der Waals surface area (Å²) in [5.41, 5.74) is 0.995. The molecule has 3 aliphatic carbocycles. The molecule has 4 rings (SSSR count). The normalized spacial score (nSPS) is 47.7. The Bertz CT molecular complexity index is 530. The summed E-state index contributed by atoms with van der Waals surface area (Å²) in [7, 11) is 0. The maximum absolute atomic E-state index is 11.9. The van der Waals surface area contributed by atoms with Gasteiger partial charge in [0.2, 0.25) is 5.91 Å². The molecular weight excluding hydrogens is 318 g/mol. The van der Waals surface area contributed by atoms with Crippen LogP contribution in [0.25, 0.3) is 0 Å². The van der Waals surface area contributed by atoms with E-state index in [1.807, 2.05) is 0 Å². The fourth-order valence-corrected chi connectivity index (χ4v) is 7.99. The molecule has 26 heavy (non-hydrogen) atoms. The van der Waals surface area contributed by atoms with Gasteiger partial charge in [0.1, 0.15) is 0 Å². The number of rotatable bonds is 5. The Morgan fingerprint density at radius 2 is 1.88 bits per heavy atom. The number of amides is 1. The maximum atomic E-state index is 11.9. The fraction of sp³-hybridized carbons (Fsp3) is 0.958. The molecule has 2 heteroatoms. The van der Waals surface area contributed by atoms with Crippen LogP contribution in [-0.4, -0.2) is 11.9 Å². The highest BCUT2D eigenvalue weighted by Crippen LogP contribution is 2.65. The van der Waals surface area contributed by atoms with E-state index in [9.17, 15) is 4.79 Å².